The molecule has 0 fully saturated rings. The Hall–Kier alpha value is -1.64. The maximum Gasteiger partial charge on any atom is 0.217 e. The Morgan fingerprint density at radius 3 is 2.00 bits per heavy atom. The molecule has 18 heavy (non-hydrogen) atoms. The topological polar surface area (TPSA) is 46.2 Å². The molecule has 0 aromatic heterocycles. The van der Waals surface area contributed by atoms with Crippen LogP contribution in [0.3, 0.4) is 0 Å². The smallest absolute Gasteiger partial charge is 0.217 e. The van der Waals surface area contributed by atoms with Gasteiger partial charge in [-0.3, -0.25) is 9.59 Å². The number of amides is 1. The molecule has 0 heterocycles. The van der Waals surface area contributed by atoms with Gasteiger partial charge in [0, 0.05) is 19.0 Å². The van der Waals surface area contributed by atoms with Crippen molar-refractivity contribution in [2.75, 3.05) is 6.54 Å². The molecular formula is C15H27NO2. The number of carbonyl (C=O) groups is 2. The largest absolute Gasteiger partial charge is 0.352 e. The molecule has 0 rings (SSSR count). The van der Waals surface area contributed by atoms with E-state index < -0.39 is 0 Å². The Labute approximate surface area is 112 Å². The lowest BCUT2D eigenvalue weighted by atomic mass is 10.1. The molecule has 0 saturated carbocycles. The van der Waals surface area contributed by atoms with Gasteiger partial charge in [-0.2, -0.15) is 0 Å². The van der Waals surface area contributed by atoms with E-state index in [0.717, 1.165) is 11.9 Å². The molecule has 0 radical (unpaired) electrons. The molecule has 0 bridgehead atoms. The molecule has 0 atom stereocenters. The highest BCUT2D eigenvalue weighted by atomic mass is 16.1. The third-order valence-electron chi connectivity index (χ3n) is 1.64. The van der Waals surface area contributed by atoms with Gasteiger partial charge in [-0.1, -0.05) is 46.4 Å². The Morgan fingerprint density at radius 1 is 1.22 bits per heavy atom. The second kappa shape index (κ2) is 17.7. The fourth-order valence-electron chi connectivity index (χ4n) is 0.818. The van der Waals surface area contributed by atoms with Gasteiger partial charge in [0.25, 0.3) is 0 Å². The van der Waals surface area contributed by atoms with Gasteiger partial charge in [-0.25, -0.2) is 0 Å². The Kier molecular flexibility index (Phi) is 21.3. The standard InChI is InChI=1S/C11H15NO2.2C2H6/c1-4-10(7-12-9(3)14)6-11(5-2)8-13;2*1-2/h4-6,8H,2,7H2,1,3H3,(H,12,14);2*1-2H3/b10-4+,11-6+;;. The van der Waals surface area contributed by atoms with Crippen molar-refractivity contribution in [2.45, 2.75) is 41.5 Å². The maximum atomic E-state index is 10.6. The number of hydrogen-bond acceptors (Lipinski definition) is 2. The van der Waals surface area contributed by atoms with Crippen LogP contribution in [0.4, 0.5) is 0 Å². The van der Waals surface area contributed by atoms with Gasteiger partial charge < -0.3 is 5.32 Å². The Bertz CT molecular complexity index is 279. The first-order chi connectivity index (χ1) is 8.63. The predicted molar refractivity (Wildman–Crippen MR) is 79.5 cm³/mol. The van der Waals surface area contributed by atoms with E-state index in [9.17, 15) is 9.59 Å². The number of hydrogen-bond donors (Lipinski definition) is 1. The molecule has 1 amide bonds. The van der Waals surface area contributed by atoms with Crippen molar-refractivity contribution in [1.82, 2.24) is 5.32 Å². The van der Waals surface area contributed by atoms with Gasteiger partial charge >= 0.3 is 0 Å². The molecule has 3 nitrogen and oxygen atoms in total. The van der Waals surface area contributed by atoms with Crippen LogP contribution in [0.15, 0.2) is 36.0 Å². The maximum absolute atomic E-state index is 10.6. The minimum Gasteiger partial charge on any atom is -0.352 e. The summed E-state index contributed by atoms with van der Waals surface area (Å²) < 4.78 is 0. The zero-order valence-corrected chi connectivity index (χ0v) is 12.5. The first-order valence-corrected chi connectivity index (χ1v) is 6.33. The van der Waals surface area contributed by atoms with Gasteiger partial charge in [0.2, 0.25) is 5.91 Å². The average Bonchev–Trinajstić information content (AvgIpc) is 2.43. The highest BCUT2D eigenvalue weighted by Crippen LogP contribution is 2.00. The zero-order chi connectivity index (χ0) is 15.0. The van der Waals surface area contributed by atoms with Crippen LogP contribution >= 0.6 is 0 Å². The van der Waals surface area contributed by atoms with Gasteiger partial charge in [-0.15, -0.1) is 0 Å². The van der Waals surface area contributed by atoms with Crippen molar-refractivity contribution in [3.8, 4) is 0 Å². The van der Waals surface area contributed by atoms with Crippen LogP contribution in [0.25, 0.3) is 0 Å². The molecule has 1 N–H and O–H groups in total. The molecule has 0 aliphatic carbocycles. The monoisotopic (exact) mass is 253 g/mol. The summed E-state index contributed by atoms with van der Waals surface area (Å²) >= 11 is 0. The normalized spacial score (nSPS) is 10.1. The second-order valence-electron chi connectivity index (χ2n) is 2.74. The quantitative estimate of drug-likeness (QED) is 0.463. The van der Waals surface area contributed by atoms with Gasteiger partial charge in [-0.05, 0) is 18.6 Å². The van der Waals surface area contributed by atoms with Crippen LogP contribution in [-0.2, 0) is 9.59 Å². The lowest BCUT2D eigenvalue weighted by molar-refractivity contribution is -0.118. The lowest BCUT2D eigenvalue weighted by Gasteiger charge is -2.02. The van der Waals surface area contributed by atoms with E-state index in [2.05, 4.69) is 11.9 Å². The first-order valence-electron chi connectivity index (χ1n) is 6.33. The van der Waals surface area contributed by atoms with Crippen LogP contribution in [0.5, 0.6) is 0 Å². The zero-order valence-electron chi connectivity index (χ0n) is 12.5. The lowest BCUT2D eigenvalue weighted by Crippen LogP contribution is -2.21. The summed E-state index contributed by atoms with van der Waals surface area (Å²) in [6, 6.07) is 0. The Balaban J connectivity index is -0.000000506. The van der Waals surface area contributed by atoms with Gasteiger partial charge in [0.15, 0.2) is 0 Å². The molecule has 0 unspecified atom stereocenters. The van der Waals surface area contributed by atoms with Gasteiger partial charge in [0.1, 0.15) is 6.29 Å². The minimum atomic E-state index is -0.0935. The predicted octanol–water partition coefficient (Wildman–Crippen LogP) is 3.43. The second-order valence-corrected chi connectivity index (χ2v) is 2.74. The molecule has 0 spiro atoms. The van der Waals surface area contributed by atoms with Crippen molar-refractivity contribution in [3.05, 3.63) is 36.0 Å². The summed E-state index contributed by atoms with van der Waals surface area (Å²) in [6.07, 6.45) is 5.73. The molecule has 0 aromatic carbocycles. The third-order valence-corrected chi connectivity index (χ3v) is 1.64. The van der Waals surface area contributed by atoms with E-state index in [-0.39, 0.29) is 5.91 Å². The van der Waals surface area contributed by atoms with Crippen molar-refractivity contribution < 1.29 is 9.59 Å². The molecule has 3 heteroatoms. The van der Waals surface area contributed by atoms with E-state index >= 15 is 0 Å². The molecular weight excluding hydrogens is 226 g/mol. The van der Waals surface area contributed by atoms with Crippen molar-refractivity contribution in [1.29, 1.82) is 0 Å². The van der Waals surface area contributed by atoms with Crippen LogP contribution in [-0.4, -0.2) is 18.7 Å². The number of aldehydes is 1. The number of rotatable bonds is 5. The molecule has 0 aromatic rings. The summed E-state index contributed by atoms with van der Waals surface area (Å²) in [4.78, 5) is 21.1. The fraction of sp³-hybridized carbons (Fsp3) is 0.467. The highest BCUT2D eigenvalue weighted by Gasteiger charge is 1.95. The van der Waals surface area contributed by atoms with Crippen LogP contribution in [0.1, 0.15) is 41.5 Å². The molecule has 0 aliphatic heterocycles. The van der Waals surface area contributed by atoms with E-state index in [1.165, 1.54) is 13.0 Å². The van der Waals surface area contributed by atoms with Crippen LogP contribution in [0, 0.1) is 0 Å². The third kappa shape index (κ3) is 14.4. The van der Waals surface area contributed by atoms with Gasteiger partial charge in [0.05, 0.1) is 0 Å². The van der Waals surface area contributed by atoms with E-state index in [4.69, 9.17) is 0 Å². The SMILES string of the molecule is C=C/C(C=O)=C\C(=C/C)CNC(C)=O.CC.CC. The van der Waals surface area contributed by atoms with E-state index in [1.807, 2.05) is 40.7 Å². The summed E-state index contributed by atoms with van der Waals surface area (Å²) in [7, 11) is 0. The number of carbonyl (C=O) groups excluding carboxylic acids is 2. The molecule has 0 saturated heterocycles. The fourth-order valence-corrected chi connectivity index (χ4v) is 0.818. The molecule has 0 aliphatic rings. The van der Waals surface area contributed by atoms with Crippen molar-refractivity contribution >= 4 is 12.2 Å². The average molecular weight is 253 g/mol. The number of allylic oxidation sites excluding steroid dienone is 3. The highest BCUT2D eigenvalue weighted by molar-refractivity contribution is 5.78. The van der Waals surface area contributed by atoms with E-state index in [0.29, 0.717) is 12.1 Å². The summed E-state index contributed by atoms with van der Waals surface area (Å²) in [5.74, 6) is -0.0935. The summed E-state index contributed by atoms with van der Waals surface area (Å²) in [5.41, 5.74) is 1.38. The van der Waals surface area contributed by atoms with Crippen LogP contribution < -0.4 is 5.32 Å². The van der Waals surface area contributed by atoms with E-state index in [1.54, 1.807) is 6.08 Å². The summed E-state index contributed by atoms with van der Waals surface area (Å²) in [6.45, 7) is 15.2. The minimum absolute atomic E-state index is 0.0935. The van der Waals surface area contributed by atoms with Crippen molar-refractivity contribution in [2.24, 2.45) is 0 Å². The molecule has 104 valence electrons. The first kappa shape index (κ1) is 21.6. The summed E-state index contributed by atoms with van der Waals surface area (Å²) in [5, 5.41) is 2.65. The number of nitrogens with one attached hydrogen (secondary N) is 1. The van der Waals surface area contributed by atoms with Crippen molar-refractivity contribution in [3.63, 3.8) is 0 Å². The Morgan fingerprint density at radius 2 is 1.72 bits per heavy atom. The van der Waals surface area contributed by atoms with Crippen LogP contribution in [0.2, 0.25) is 0 Å².